The van der Waals surface area contributed by atoms with Gasteiger partial charge in [-0.15, -0.1) is 0 Å². The molecular formula is C48H30N2S2. The number of nitrogens with zero attached hydrogens (tertiary/aromatic N) is 2. The second-order valence-electron chi connectivity index (χ2n) is 13.4. The van der Waals surface area contributed by atoms with Crippen LogP contribution in [-0.4, -0.2) is 9.55 Å². The van der Waals surface area contributed by atoms with Crippen LogP contribution >= 0.6 is 23.5 Å². The summed E-state index contributed by atoms with van der Waals surface area (Å²) in [7, 11) is 0. The lowest BCUT2D eigenvalue weighted by Crippen LogP contribution is -2.37. The van der Waals surface area contributed by atoms with Crippen molar-refractivity contribution in [2.45, 2.75) is 25.0 Å². The Labute approximate surface area is 310 Å². The van der Waals surface area contributed by atoms with E-state index in [2.05, 4.69) is 174 Å². The highest BCUT2D eigenvalue weighted by Crippen LogP contribution is 2.63. The minimum atomic E-state index is -0.556. The van der Waals surface area contributed by atoms with E-state index < -0.39 is 5.41 Å². The molecule has 4 heteroatoms. The van der Waals surface area contributed by atoms with Crippen LogP contribution < -0.4 is 0 Å². The highest BCUT2D eigenvalue weighted by atomic mass is 32.2. The standard InChI is InChI=1S/C48H30N2S2/c1-2-14-32(15-3-1)50-41-23-7-4-16-33(41)35-18-12-19-36(47(35)50)34-17-13-26-44-46(34)48(37-20-5-8-24-42(37)51-44)38-21-6-9-25-43(38)52-45-30-31(27-28-39(45)48)40-22-10-11-29-49-40/h1-30H. The molecular weight excluding hydrogens is 669 g/mol. The summed E-state index contributed by atoms with van der Waals surface area (Å²) in [6.07, 6.45) is 1.88. The van der Waals surface area contributed by atoms with E-state index in [1.165, 1.54) is 74.8 Å². The van der Waals surface area contributed by atoms with Crippen molar-refractivity contribution >= 4 is 45.3 Å². The van der Waals surface area contributed by atoms with E-state index in [0.29, 0.717) is 0 Å². The van der Waals surface area contributed by atoms with Gasteiger partial charge in [0.05, 0.1) is 22.1 Å². The molecule has 1 unspecified atom stereocenters. The molecule has 11 rings (SSSR count). The predicted molar refractivity (Wildman–Crippen MR) is 216 cm³/mol. The number of fused-ring (bicyclic) bond motifs is 11. The SMILES string of the molecule is c1ccc(-n2c3ccccc3c3cccc(-c4cccc5c4C4(c6ccccc6Sc6cc(-c7ccccn7)ccc64)c4ccccc4S5)c32)cc1. The van der Waals surface area contributed by atoms with E-state index in [0.717, 1.165) is 16.9 Å². The maximum Gasteiger partial charge on any atom is 0.0751 e. The molecule has 0 bridgehead atoms. The molecule has 2 aliphatic heterocycles. The molecule has 2 aliphatic rings. The molecule has 7 aromatic carbocycles. The van der Waals surface area contributed by atoms with Crippen molar-refractivity contribution in [3.8, 4) is 28.1 Å². The summed E-state index contributed by atoms with van der Waals surface area (Å²) in [6, 6.07) is 64.8. The lowest BCUT2D eigenvalue weighted by molar-refractivity contribution is 0.669. The maximum absolute atomic E-state index is 4.74. The van der Waals surface area contributed by atoms with Crippen LogP contribution in [0, 0.1) is 0 Å². The molecule has 2 nitrogen and oxygen atoms in total. The van der Waals surface area contributed by atoms with Crippen molar-refractivity contribution < 1.29 is 0 Å². The van der Waals surface area contributed by atoms with Gasteiger partial charge in [0.2, 0.25) is 0 Å². The number of aromatic nitrogens is 2. The third-order valence-corrected chi connectivity index (χ3v) is 13.0. The van der Waals surface area contributed by atoms with Crippen LogP contribution in [0.1, 0.15) is 22.3 Å². The Morgan fingerprint density at radius 1 is 0.462 bits per heavy atom. The van der Waals surface area contributed by atoms with Gasteiger partial charge in [0.15, 0.2) is 0 Å². The van der Waals surface area contributed by atoms with Crippen molar-refractivity contribution in [3.63, 3.8) is 0 Å². The van der Waals surface area contributed by atoms with Crippen LogP contribution in [0.15, 0.2) is 202 Å². The molecule has 1 spiro atoms. The van der Waals surface area contributed by atoms with E-state index in [9.17, 15) is 0 Å². The molecule has 244 valence electrons. The summed E-state index contributed by atoms with van der Waals surface area (Å²) < 4.78 is 2.47. The average molecular weight is 699 g/mol. The Balaban J connectivity index is 1.29. The molecule has 2 aromatic heterocycles. The van der Waals surface area contributed by atoms with Gasteiger partial charge in [-0.2, -0.15) is 0 Å². The number of hydrogen-bond acceptors (Lipinski definition) is 3. The second kappa shape index (κ2) is 11.6. The van der Waals surface area contributed by atoms with Crippen LogP contribution in [0.5, 0.6) is 0 Å². The van der Waals surface area contributed by atoms with Crippen molar-refractivity contribution in [1.82, 2.24) is 9.55 Å². The Morgan fingerprint density at radius 3 is 1.90 bits per heavy atom. The van der Waals surface area contributed by atoms with Gasteiger partial charge in [0, 0.05) is 53.4 Å². The minimum absolute atomic E-state index is 0.556. The summed E-state index contributed by atoms with van der Waals surface area (Å²) in [5, 5.41) is 2.52. The van der Waals surface area contributed by atoms with E-state index in [1.807, 2.05) is 35.8 Å². The van der Waals surface area contributed by atoms with Crippen molar-refractivity contribution in [2.24, 2.45) is 0 Å². The fraction of sp³-hybridized carbons (Fsp3) is 0.0208. The zero-order chi connectivity index (χ0) is 34.2. The van der Waals surface area contributed by atoms with Crippen molar-refractivity contribution in [2.75, 3.05) is 0 Å². The van der Waals surface area contributed by atoms with Crippen LogP contribution in [0.2, 0.25) is 0 Å². The van der Waals surface area contributed by atoms with Gasteiger partial charge < -0.3 is 4.57 Å². The predicted octanol–water partition coefficient (Wildman–Crippen LogP) is 12.8. The number of rotatable bonds is 3. The Bertz CT molecular complexity index is 2850. The van der Waals surface area contributed by atoms with Gasteiger partial charge in [-0.05, 0) is 82.4 Å². The van der Waals surface area contributed by atoms with Crippen LogP contribution in [-0.2, 0) is 5.41 Å². The topological polar surface area (TPSA) is 17.8 Å². The van der Waals surface area contributed by atoms with Gasteiger partial charge in [0.25, 0.3) is 0 Å². The van der Waals surface area contributed by atoms with E-state index in [1.54, 1.807) is 0 Å². The summed E-state index contributed by atoms with van der Waals surface area (Å²) in [5.74, 6) is 0. The van der Waals surface area contributed by atoms with Crippen LogP contribution in [0.4, 0.5) is 0 Å². The third-order valence-electron chi connectivity index (χ3n) is 10.8. The first kappa shape index (κ1) is 29.9. The maximum atomic E-state index is 4.74. The lowest BCUT2D eigenvalue weighted by atomic mass is 9.62. The van der Waals surface area contributed by atoms with Gasteiger partial charge in [-0.1, -0.05) is 145 Å². The van der Waals surface area contributed by atoms with E-state index >= 15 is 0 Å². The average Bonchev–Trinajstić information content (AvgIpc) is 3.56. The molecule has 4 heterocycles. The number of hydrogen-bond donors (Lipinski definition) is 0. The molecule has 0 saturated carbocycles. The van der Waals surface area contributed by atoms with Gasteiger partial charge in [0.1, 0.15) is 0 Å². The fourth-order valence-corrected chi connectivity index (χ4v) is 11.2. The monoisotopic (exact) mass is 698 g/mol. The lowest BCUT2D eigenvalue weighted by Gasteiger charge is -2.46. The first-order chi connectivity index (χ1) is 25.8. The van der Waals surface area contributed by atoms with E-state index in [4.69, 9.17) is 4.98 Å². The smallest absolute Gasteiger partial charge is 0.0751 e. The Hall–Kier alpha value is -5.81. The minimum Gasteiger partial charge on any atom is -0.309 e. The first-order valence-electron chi connectivity index (χ1n) is 17.6. The second-order valence-corrected chi connectivity index (χ2v) is 15.6. The summed E-state index contributed by atoms with van der Waals surface area (Å²) >= 11 is 3.77. The molecule has 0 N–H and O–H groups in total. The van der Waals surface area contributed by atoms with Crippen molar-refractivity contribution in [3.05, 3.63) is 204 Å². The van der Waals surface area contributed by atoms with E-state index in [-0.39, 0.29) is 0 Å². The molecule has 52 heavy (non-hydrogen) atoms. The summed E-state index contributed by atoms with van der Waals surface area (Å²) in [4.78, 5) is 9.87. The molecule has 0 radical (unpaired) electrons. The molecule has 1 atom stereocenters. The third kappa shape index (κ3) is 4.19. The normalized spacial score (nSPS) is 15.6. The number of pyridine rings is 1. The fourth-order valence-electron chi connectivity index (χ4n) is 8.73. The van der Waals surface area contributed by atoms with Crippen molar-refractivity contribution in [1.29, 1.82) is 0 Å². The molecule has 9 aromatic rings. The van der Waals surface area contributed by atoms with Crippen LogP contribution in [0.3, 0.4) is 0 Å². The largest absolute Gasteiger partial charge is 0.309 e. The zero-order valence-corrected chi connectivity index (χ0v) is 29.7. The Kier molecular flexibility index (Phi) is 6.67. The van der Waals surface area contributed by atoms with Gasteiger partial charge in [-0.3, -0.25) is 4.98 Å². The van der Waals surface area contributed by atoms with Crippen LogP contribution in [0.25, 0.3) is 49.9 Å². The zero-order valence-electron chi connectivity index (χ0n) is 28.0. The van der Waals surface area contributed by atoms with Gasteiger partial charge >= 0.3 is 0 Å². The molecule has 0 fully saturated rings. The first-order valence-corrected chi connectivity index (χ1v) is 19.3. The summed E-state index contributed by atoms with van der Waals surface area (Å²) in [5.41, 5.74) is 13.0. The highest BCUT2D eigenvalue weighted by molar-refractivity contribution is 8.00. The molecule has 0 amide bonds. The highest BCUT2D eigenvalue weighted by Gasteiger charge is 2.50. The quantitative estimate of drug-likeness (QED) is 0.183. The molecule has 0 aliphatic carbocycles. The van der Waals surface area contributed by atoms with Gasteiger partial charge in [-0.25, -0.2) is 0 Å². The molecule has 0 saturated heterocycles. The summed E-state index contributed by atoms with van der Waals surface area (Å²) in [6.45, 7) is 0. The number of benzene rings is 7. The number of para-hydroxylation sites is 3. The Morgan fingerprint density at radius 2 is 1.10 bits per heavy atom.